The fourth-order valence-electron chi connectivity index (χ4n) is 2.30. The van der Waals surface area contributed by atoms with Gasteiger partial charge in [-0.15, -0.1) is 6.58 Å². The van der Waals surface area contributed by atoms with E-state index < -0.39 is 0 Å². The SMILES string of the molecule is C=CCCC(O)CN(CC)Cc1ccc2c(c1)OCO2. The second-order valence-corrected chi connectivity index (χ2v) is 5.04. The molecule has 2 rings (SSSR count). The molecule has 1 aliphatic rings. The maximum absolute atomic E-state index is 9.98. The fraction of sp³-hybridized carbons (Fsp3) is 0.500. The van der Waals surface area contributed by atoms with Gasteiger partial charge in [-0.05, 0) is 37.1 Å². The number of likely N-dealkylation sites (N-methyl/N-ethyl adjacent to an activating group) is 1. The van der Waals surface area contributed by atoms with Gasteiger partial charge in [-0.2, -0.15) is 0 Å². The predicted octanol–water partition coefficient (Wildman–Crippen LogP) is 2.56. The number of aliphatic hydroxyl groups is 1. The van der Waals surface area contributed by atoms with Crippen LogP contribution in [-0.2, 0) is 6.54 Å². The van der Waals surface area contributed by atoms with Crippen LogP contribution >= 0.6 is 0 Å². The molecule has 0 aromatic heterocycles. The minimum Gasteiger partial charge on any atom is -0.454 e. The number of fused-ring (bicyclic) bond motifs is 1. The maximum atomic E-state index is 9.98. The van der Waals surface area contributed by atoms with Crippen molar-refractivity contribution in [3.8, 4) is 11.5 Å². The Kier molecular flexibility index (Phi) is 5.44. The van der Waals surface area contributed by atoms with Crippen molar-refractivity contribution in [1.29, 1.82) is 0 Å². The molecule has 20 heavy (non-hydrogen) atoms. The van der Waals surface area contributed by atoms with Gasteiger partial charge in [0.1, 0.15) is 0 Å². The molecule has 4 heteroatoms. The summed E-state index contributed by atoms with van der Waals surface area (Å²) in [5.41, 5.74) is 1.17. The second kappa shape index (κ2) is 7.31. The Morgan fingerprint density at radius 3 is 2.95 bits per heavy atom. The van der Waals surface area contributed by atoms with Crippen LogP contribution in [0.15, 0.2) is 30.9 Å². The van der Waals surface area contributed by atoms with Crippen molar-refractivity contribution in [1.82, 2.24) is 4.90 Å². The molecule has 0 saturated carbocycles. The smallest absolute Gasteiger partial charge is 0.231 e. The van der Waals surface area contributed by atoms with E-state index >= 15 is 0 Å². The highest BCUT2D eigenvalue weighted by molar-refractivity contribution is 5.44. The molecular weight excluding hydrogens is 254 g/mol. The molecule has 0 bridgehead atoms. The van der Waals surface area contributed by atoms with E-state index in [1.54, 1.807) is 0 Å². The van der Waals surface area contributed by atoms with Crippen LogP contribution < -0.4 is 9.47 Å². The van der Waals surface area contributed by atoms with Gasteiger partial charge in [-0.1, -0.05) is 19.1 Å². The molecule has 1 N–H and O–H groups in total. The van der Waals surface area contributed by atoms with Gasteiger partial charge in [0, 0.05) is 13.1 Å². The molecule has 1 heterocycles. The first-order valence-corrected chi connectivity index (χ1v) is 7.12. The Morgan fingerprint density at radius 2 is 2.20 bits per heavy atom. The fourth-order valence-corrected chi connectivity index (χ4v) is 2.30. The highest BCUT2D eigenvalue weighted by Crippen LogP contribution is 2.32. The van der Waals surface area contributed by atoms with E-state index in [0.29, 0.717) is 13.3 Å². The molecule has 0 fully saturated rings. The molecule has 1 aromatic carbocycles. The Balaban J connectivity index is 1.90. The second-order valence-electron chi connectivity index (χ2n) is 5.04. The summed E-state index contributed by atoms with van der Waals surface area (Å²) in [5.74, 6) is 1.62. The van der Waals surface area contributed by atoms with Crippen LogP contribution in [0.25, 0.3) is 0 Å². The lowest BCUT2D eigenvalue weighted by Gasteiger charge is -2.23. The summed E-state index contributed by atoms with van der Waals surface area (Å²) >= 11 is 0. The van der Waals surface area contributed by atoms with Crippen LogP contribution in [0.1, 0.15) is 25.3 Å². The summed E-state index contributed by atoms with van der Waals surface area (Å²) in [6.07, 6.45) is 3.16. The highest BCUT2D eigenvalue weighted by Gasteiger charge is 2.15. The lowest BCUT2D eigenvalue weighted by atomic mass is 10.1. The van der Waals surface area contributed by atoms with E-state index in [4.69, 9.17) is 9.47 Å². The molecule has 0 saturated heterocycles. The Labute approximate surface area is 120 Å². The average molecular weight is 277 g/mol. The molecule has 0 amide bonds. The minimum atomic E-state index is -0.304. The van der Waals surface area contributed by atoms with E-state index in [0.717, 1.165) is 37.4 Å². The summed E-state index contributed by atoms with van der Waals surface area (Å²) in [6, 6.07) is 6.01. The van der Waals surface area contributed by atoms with Gasteiger partial charge in [-0.3, -0.25) is 4.90 Å². The summed E-state index contributed by atoms with van der Waals surface area (Å²) in [5, 5.41) is 9.98. The summed E-state index contributed by atoms with van der Waals surface area (Å²) in [6.45, 7) is 8.47. The molecule has 1 unspecified atom stereocenters. The quantitative estimate of drug-likeness (QED) is 0.742. The number of allylic oxidation sites excluding steroid dienone is 1. The first-order chi connectivity index (χ1) is 9.72. The van der Waals surface area contributed by atoms with Gasteiger partial charge in [0.2, 0.25) is 6.79 Å². The number of aliphatic hydroxyl groups excluding tert-OH is 1. The highest BCUT2D eigenvalue weighted by atomic mass is 16.7. The predicted molar refractivity (Wildman–Crippen MR) is 79.0 cm³/mol. The van der Waals surface area contributed by atoms with Crippen molar-refractivity contribution in [2.45, 2.75) is 32.4 Å². The third-order valence-corrected chi connectivity index (χ3v) is 3.46. The molecule has 1 atom stereocenters. The average Bonchev–Trinajstić information content (AvgIpc) is 2.91. The molecule has 0 radical (unpaired) electrons. The first-order valence-electron chi connectivity index (χ1n) is 7.12. The topological polar surface area (TPSA) is 41.9 Å². The molecule has 110 valence electrons. The monoisotopic (exact) mass is 277 g/mol. The van der Waals surface area contributed by atoms with Crippen LogP contribution in [0.3, 0.4) is 0 Å². The Hall–Kier alpha value is -1.52. The molecular formula is C16H23NO3. The van der Waals surface area contributed by atoms with Crippen LogP contribution in [-0.4, -0.2) is 36.0 Å². The van der Waals surface area contributed by atoms with Gasteiger partial charge >= 0.3 is 0 Å². The largest absolute Gasteiger partial charge is 0.454 e. The van der Waals surface area contributed by atoms with E-state index in [1.165, 1.54) is 5.56 Å². The van der Waals surface area contributed by atoms with Crippen molar-refractivity contribution in [2.75, 3.05) is 19.9 Å². The number of ether oxygens (including phenoxy) is 2. The number of rotatable bonds is 8. The number of nitrogens with zero attached hydrogens (tertiary/aromatic N) is 1. The van der Waals surface area contributed by atoms with Crippen LogP contribution in [0.2, 0.25) is 0 Å². The number of benzene rings is 1. The summed E-state index contributed by atoms with van der Waals surface area (Å²) in [4.78, 5) is 2.23. The third kappa shape index (κ3) is 3.99. The number of hydrogen-bond donors (Lipinski definition) is 1. The van der Waals surface area contributed by atoms with Gasteiger partial charge in [0.25, 0.3) is 0 Å². The molecule has 1 aliphatic heterocycles. The van der Waals surface area contributed by atoms with Crippen molar-refractivity contribution >= 4 is 0 Å². The molecule has 0 aliphatic carbocycles. The van der Waals surface area contributed by atoms with Crippen molar-refractivity contribution in [3.05, 3.63) is 36.4 Å². The minimum absolute atomic E-state index is 0.302. The van der Waals surface area contributed by atoms with Gasteiger partial charge in [0.05, 0.1) is 6.10 Å². The zero-order valence-electron chi connectivity index (χ0n) is 12.0. The zero-order chi connectivity index (χ0) is 14.4. The Bertz CT molecular complexity index is 447. The molecule has 4 nitrogen and oxygen atoms in total. The molecule has 0 spiro atoms. The Morgan fingerprint density at radius 1 is 1.40 bits per heavy atom. The maximum Gasteiger partial charge on any atom is 0.231 e. The lowest BCUT2D eigenvalue weighted by molar-refractivity contribution is 0.105. The standard InChI is InChI=1S/C16H23NO3/c1-3-5-6-14(18)11-17(4-2)10-13-7-8-15-16(9-13)20-12-19-15/h3,7-9,14,18H,1,4-6,10-12H2,2H3. The van der Waals surface area contributed by atoms with Gasteiger partial charge in [0.15, 0.2) is 11.5 Å². The van der Waals surface area contributed by atoms with Gasteiger partial charge in [-0.25, -0.2) is 0 Å². The third-order valence-electron chi connectivity index (χ3n) is 3.46. The van der Waals surface area contributed by atoms with Crippen molar-refractivity contribution in [2.24, 2.45) is 0 Å². The summed E-state index contributed by atoms with van der Waals surface area (Å²) < 4.78 is 10.7. The zero-order valence-corrected chi connectivity index (χ0v) is 12.0. The van der Waals surface area contributed by atoms with Crippen LogP contribution in [0.4, 0.5) is 0 Å². The summed E-state index contributed by atoms with van der Waals surface area (Å²) in [7, 11) is 0. The van der Waals surface area contributed by atoms with Crippen LogP contribution in [0.5, 0.6) is 11.5 Å². The molecule has 1 aromatic rings. The normalized spacial score (nSPS) is 14.6. The van der Waals surface area contributed by atoms with E-state index in [-0.39, 0.29) is 6.10 Å². The lowest BCUT2D eigenvalue weighted by Crippen LogP contribution is -2.31. The number of hydrogen-bond acceptors (Lipinski definition) is 4. The van der Waals surface area contributed by atoms with Gasteiger partial charge < -0.3 is 14.6 Å². The van der Waals surface area contributed by atoms with E-state index in [1.807, 2.05) is 24.3 Å². The van der Waals surface area contributed by atoms with E-state index in [9.17, 15) is 5.11 Å². The van der Waals surface area contributed by atoms with Crippen molar-refractivity contribution in [3.63, 3.8) is 0 Å². The van der Waals surface area contributed by atoms with Crippen molar-refractivity contribution < 1.29 is 14.6 Å². The first kappa shape index (κ1) is 14.9. The van der Waals surface area contributed by atoms with E-state index in [2.05, 4.69) is 18.4 Å². The van der Waals surface area contributed by atoms with Crippen LogP contribution in [0, 0.1) is 0 Å².